The van der Waals surface area contributed by atoms with Crippen molar-refractivity contribution < 1.29 is 18.7 Å². The molecule has 2 rings (SSSR count). The van der Waals surface area contributed by atoms with Gasteiger partial charge in [0.25, 0.3) is 5.91 Å². The minimum absolute atomic E-state index is 0.144. The van der Waals surface area contributed by atoms with Crippen molar-refractivity contribution in [3.8, 4) is 0 Å². The summed E-state index contributed by atoms with van der Waals surface area (Å²) in [6, 6.07) is 4.13. The van der Waals surface area contributed by atoms with Gasteiger partial charge < -0.3 is 10.1 Å². The lowest BCUT2D eigenvalue weighted by atomic mass is 9.87. The second-order valence-corrected chi connectivity index (χ2v) is 6.64. The third kappa shape index (κ3) is 4.80. The van der Waals surface area contributed by atoms with Crippen LogP contribution in [-0.2, 0) is 9.53 Å². The van der Waals surface area contributed by atoms with Gasteiger partial charge in [-0.2, -0.15) is 0 Å². The second kappa shape index (κ2) is 7.72. The number of ether oxygens (including phenoxy) is 1. The van der Waals surface area contributed by atoms with Gasteiger partial charge in [-0.15, -0.1) is 0 Å². The number of esters is 1. The Morgan fingerprint density at radius 1 is 1.32 bits per heavy atom. The Balaban J connectivity index is 1.80. The van der Waals surface area contributed by atoms with E-state index in [1.165, 1.54) is 18.2 Å². The summed E-state index contributed by atoms with van der Waals surface area (Å²) in [5.41, 5.74) is -0.186. The van der Waals surface area contributed by atoms with E-state index < -0.39 is 18.4 Å². The molecule has 1 aliphatic carbocycles. The van der Waals surface area contributed by atoms with E-state index in [1.54, 1.807) is 0 Å². The highest BCUT2D eigenvalue weighted by Gasteiger charge is 2.21. The van der Waals surface area contributed by atoms with Crippen molar-refractivity contribution >= 4 is 27.8 Å². The van der Waals surface area contributed by atoms with Crippen LogP contribution in [-0.4, -0.2) is 24.5 Å². The Kier molecular flexibility index (Phi) is 5.94. The summed E-state index contributed by atoms with van der Waals surface area (Å²) in [5.74, 6) is -1.16. The van der Waals surface area contributed by atoms with E-state index in [4.69, 9.17) is 4.74 Å². The standard InChI is InChI=1S/C16H19BrFNO3/c1-10-2-5-12(6-3-10)19-15(20)9-22-16(21)13-8-11(17)4-7-14(13)18/h4,7-8,10,12H,2-3,5-6,9H2,1H3,(H,19,20). The highest BCUT2D eigenvalue weighted by molar-refractivity contribution is 9.10. The number of carbonyl (C=O) groups is 2. The molecule has 120 valence electrons. The number of nitrogens with one attached hydrogen (secondary N) is 1. The molecule has 1 aliphatic rings. The Hall–Kier alpha value is -1.43. The van der Waals surface area contributed by atoms with Crippen LogP contribution >= 0.6 is 15.9 Å². The second-order valence-electron chi connectivity index (χ2n) is 5.72. The first-order chi connectivity index (χ1) is 10.5. The van der Waals surface area contributed by atoms with Crippen LogP contribution in [0.1, 0.15) is 43.0 Å². The molecule has 0 bridgehead atoms. The van der Waals surface area contributed by atoms with Gasteiger partial charge in [-0.25, -0.2) is 9.18 Å². The largest absolute Gasteiger partial charge is 0.452 e. The smallest absolute Gasteiger partial charge is 0.341 e. The van der Waals surface area contributed by atoms with Crippen molar-refractivity contribution in [2.24, 2.45) is 5.92 Å². The highest BCUT2D eigenvalue weighted by Crippen LogP contribution is 2.23. The molecule has 0 saturated heterocycles. The molecule has 1 saturated carbocycles. The van der Waals surface area contributed by atoms with Crippen LogP contribution in [0.5, 0.6) is 0 Å². The first kappa shape index (κ1) is 16.9. The van der Waals surface area contributed by atoms with E-state index >= 15 is 0 Å². The number of carbonyl (C=O) groups excluding carboxylic acids is 2. The van der Waals surface area contributed by atoms with Gasteiger partial charge in [-0.3, -0.25) is 4.79 Å². The van der Waals surface area contributed by atoms with E-state index in [0.29, 0.717) is 10.4 Å². The van der Waals surface area contributed by atoms with Gasteiger partial charge in [0, 0.05) is 10.5 Å². The molecule has 22 heavy (non-hydrogen) atoms. The molecular weight excluding hydrogens is 353 g/mol. The molecule has 0 atom stereocenters. The molecule has 0 spiro atoms. The third-order valence-electron chi connectivity index (χ3n) is 3.86. The van der Waals surface area contributed by atoms with Crippen molar-refractivity contribution in [2.45, 2.75) is 38.6 Å². The van der Waals surface area contributed by atoms with Crippen molar-refractivity contribution in [1.82, 2.24) is 5.32 Å². The summed E-state index contributed by atoms with van der Waals surface area (Å²) in [6.45, 7) is 1.81. The van der Waals surface area contributed by atoms with Gasteiger partial charge in [0.05, 0.1) is 5.56 Å². The van der Waals surface area contributed by atoms with E-state index in [9.17, 15) is 14.0 Å². The molecule has 0 aliphatic heterocycles. The molecule has 1 aromatic rings. The maximum atomic E-state index is 13.5. The van der Waals surface area contributed by atoms with Crippen LogP contribution in [0.3, 0.4) is 0 Å². The van der Waals surface area contributed by atoms with Gasteiger partial charge in [0.2, 0.25) is 0 Å². The van der Waals surface area contributed by atoms with Crippen molar-refractivity contribution in [3.05, 3.63) is 34.1 Å². The SMILES string of the molecule is CC1CCC(NC(=O)COC(=O)c2cc(Br)ccc2F)CC1. The fraction of sp³-hybridized carbons (Fsp3) is 0.500. The lowest BCUT2D eigenvalue weighted by Crippen LogP contribution is -2.39. The number of amides is 1. The maximum Gasteiger partial charge on any atom is 0.341 e. The minimum Gasteiger partial charge on any atom is -0.452 e. The minimum atomic E-state index is -0.841. The van der Waals surface area contributed by atoms with E-state index in [0.717, 1.165) is 25.7 Å². The Morgan fingerprint density at radius 2 is 2.00 bits per heavy atom. The Labute approximate surface area is 137 Å². The molecule has 4 nitrogen and oxygen atoms in total. The van der Waals surface area contributed by atoms with Gasteiger partial charge in [0.1, 0.15) is 5.82 Å². The fourth-order valence-corrected chi connectivity index (χ4v) is 2.90. The first-order valence-electron chi connectivity index (χ1n) is 7.37. The summed E-state index contributed by atoms with van der Waals surface area (Å²) in [4.78, 5) is 23.6. The van der Waals surface area contributed by atoms with E-state index in [2.05, 4.69) is 28.2 Å². The van der Waals surface area contributed by atoms with E-state index in [1.807, 2.05) is 0 Å². The molecule has 0 aromatic heterocycles. The molecule has 1 amide bonds. The number of hydrogen-bond donors (Lipinski definition) is 1. The third-order valence-corrected chi connectivity index (χ3v) is 4.36. The van der Waals surface area contributed by atoms with Crippen LogP contribution in [0.2, 0.25) is 0 Å². The van der Waals surface area contributed by atoms with Crippen LogP contribution in [0.15, 0.2) is 22.7 Å². The van der Waals surface area contributed by atoms with Crippen LogP contribution in [0, 0.1) is 11.7 Å². The summed E-state index contributed by atoms with van der Waals surface area (Å²) in [6.07, 6.45) is 4.07. The Bertz CT molecular complexity index is 556. The molecule has 1 fully saturated rings. The van der Waals surface area contributed by atoms with Gasteiger partial charge >= 0.3 is 5.97 Å². The predicted molar refractivity (Wildman–Crippen MR) is 83.9 cm³/mol. The fourth-order valence-electron chi connectivity index (χ4n) is 2.54. The average Bonchev–Trinajstić information content (AvgIpc) is 2.49. The van der Waals surface area contributed by atoms with Gasteiger partial charge in [0.15, 0.2) is 6.61 Å². The zero-order valence-corrected chi connectivity index (χ0v) is 14.0. The molecule has 0 radical (unpaired) electrons. The average molecular weight is 372 g/mol. The molecule has 6 heteroatoms. The lowest BCUT2D eigenvalue weighted by Gasteiger charge is -2.26. The highest BCUT2D eigenvalue weighted by atomic mass is 79.9. The zero-order chi connectivity index (χ0) is 16.1. The topological polar surface area (TPSA) is 55.4 Å². The van der Waals surface area contributed by atoms with Crippen molar-refractivity contribution in [1.29, 1.82) is 0 Å². The maximum absolute atomic E-state index is 13.5. The van der Waals surface area contributed by atoms with Crippen LogP contribution < -0.4 is 5.32 Å². The normalized spacial score (nSPS) is 21.2. The van der Waals surface area contributed by atoms with Gasteiger partial charge in [-0.1, -0.05) is 22.9 Å². The Morgan fingerprint density at radius 3 is 2.68 bits per heavy atom. The van der Waals surface area contributed by atoms with Crippen LogP contribution in [0.4, 0.5) is 4.39 Å². The summed E-state index contributed by atoms with van der Waals surface area (Å²) >= 11 is 3.16. The predicted octanol–water partition coefficient (Wildman–Crippen LogP) is 3.44. The lowest BCUT2D eigenvalue weighted by molar-refractivity contribution is -0.125. The molecule has 0 heterocycles. The zero-order valence-electron chi connectivity index (χ0n) is 12.4. The van der Waals surface area contributed by atoms with Crippen LogP contribution in [0.25, 0.3) is 0 Å². The quantitative estimate of drug-likeness (QED) is 0.824. The number of hydrogen-bond acceptors (Lipinski definition) is 3. The summed E-state index contributed by atoms with van der Waals surface area (Å²) < 4.78 is 19.0. The monoisotopic (exact) mass is 371 g/mol. The molecule has 1 aromatic carbocycles. The summed E-state index contributed by atoms with van der Waals surface area (Å²) in [5, 5.41) is 2.85. The number of halogens is 2. The molecule has 0 unspecified atom stereocenters. The van der Waals surface area contributed by atoms with Gasteiger partial charge in [-0.05, 0) is 49.8 Å². The van der Waals surface area contributed by atoms with Crippen molar-refractivity contribution in [3.63, 3.8) is 0 Å². The number of rotatable bonds is 4. The molecule has 1 N–H and O–H groups in total. The van der Waals surface area contributed by atoms with Crippen molar-refractivity contribution in [2.75, 3.05) is 6.61 Å². The first-order valence-corrected chi connectivity index (χ1v) is 8.16. The molecular formula is C16H19BrFNO3. The number of benzene rings is 1. The van der Waals surface area contributed by atoms with E-state index in [-0.39, 0.29) is 17.5 Å². The summed E-state index contributed by atoms with van der Waals surface area (Å²) in [7, 11) is 0.